The van der Waals surface area contributed by atoms with Crippen molar-refractivity contribution in [2.45, 2.75) is 38.8 Å². The Morgan fingerprint density at radius 2 is 2.04 bits per heavy atom. The van der Waals surface area contributed by atoms with Gasteiger partial charge in [-0.05, 0) is 30.2 Å². The summed E-state index contributed by atoms with van der Waals surface area (Å²) in [6.45, 7) is 8.74. The lowest BCUT2D eigenvalue weighted by molar-refractivity contribution is -0.0290. The summed E-state index contributed by atoms with van der Waals surface area (Å²) in [5.41, 5.74) is 1.19. The fourth-order valence-electron chi connectivity index (χ4n) is 3.55. The molecule has 5 heteroatoms. The van der Waals surface area contributed by atoms with E-state index in [2.05, 4.69) is 41.5 Å². The van der Waals surface area contributed by atoms with Gasteiger partial charge < -0.3 is 15.4 Å². The van der Waals surface area contributed by atoms with Crippen molar-refractivity contribution in [1.29, 1.82) is 0 Å². The first-order chi connectivity index (χ1) is 12.1. The van der Waals surface area contributed by atoms with Gasteiger partial charge in [-0.25, -0.2) is 4.79 Å². The lowest BCUT2D eigenvalue weighted by Crippen LogP contribution is -2.50. The van der Waals surface area contributed by atoms with Crippen LogP contribution in [0.25, 0.3) is 0 Å². The third-order valence-electron chi connectivity index (χ3n) is 4.88. The number of nitrogens with one attached hydrogen (secondary N) is 2. The number of ether oxygens (including phenoxy) is 1. The molecular weight excluding hydrogens is 314 g/mol. The minimum atomic E-state index is -0.0923. The number of morpholine rings is 1. The van der Waals surface area contributed by atoms with Gasteiger partial charge in [0.15, 0.2) is 0 Å². The quantitative estimate of drug-likeness (QED) is 0.799. The van der Waals surface area contributed by atoms with E-state index < -0.39 is 0 Å². The van der Waals surface area contributed by atoms with Crippen molar-refractivity contribution in [3.63, 3.8) is 0 Å². The molecule has 138 valence electrons. The Hall–Kier alpha value is -1.59. The summed E-state index contributed by atoms with van der Waals surface area (Å²) >= 11 is 0. The normalized spacial score (nSPS) is 22.6. The molecule has 2 amide bonds. The molecule has 0 radical (unpaired) electrons. The highest BCUT2D eigenvalue weighted by atomic mass is 16.5. The van der Waals surface area contributed by atoms with Crippen molar-refractivity contribution in [2.75, 3.05) is 32.8 Å². The number of amides is 2. The monoisotopic (exact) mass is 345 g/mol. The first-order valence-corrected chi connectivity index (χ1v) is 9.55. The molecule has 1 saturated carbocycles. The summed E-state index contributed by atoms with van der Waals surface area (Å²) in [7, 11) is 0. The summed E-state index contributed by atoms with van der Waals surface area (Å²) in [6, 6.07) is 10.3. The van der Waals surface area contributed by atoms with E-state index in [-0.39, 0.29) is 18.2 Å². The highest BCUT2D eigenvalue weighted by molar-refractivity contribution is 5.74. The summed E-state index contributed by atoms with van der Waals surface area (Å²) in [6.07, 6.45) is 2.46. The van der Waals surface area contributed by atoms with Crippen molar-refractivity contribution in [3.05, 3.63) is 35.9 Å². The molecule has 0 spiro atoms. The molecule has 1 aliphatic carbocycles. The molecule has 1 heterocycles. The molecule has 1 aromatic rings. The van der Waals surface area contributed by atoms with Gasteiger partial charge in [0.05, 0.1) is 18.8 Å². The average molecular weight is 345 g/mol. The molecule has 0 aromatic heterocycles. The zero-order valence-electron chi connectivity index (χ0n) is 15.4. The SMILES string of the molecule is CC(C)CN1CCO[C@H](CNC(=O)N[C@@H](c2ccccc2)C2CC2)C1. The Bertz CT molecular complexity index is 545. The Kier molecular flexibility index (Phi) is 6.32. The van der Waals surface area contributed by atoms with E-state index in [0.29, 0.717) is 18.4 Å². The van der Waals surface area contributed by atoms with E-state index in [9.17, 15) is 4.79 Å². The largest absolute Gasteiger partial charge is 0.374 e. The Balaban J connectivity index is 1.45. The minimum Gasteiger partial charge on any atom is -0.374 e. The second-order valence-electron chi connectivity index (χ2n) is 7.73. The van der Waals surface area contributed by atoms with Crippen LogP contribution in [0.2, 0.25) is 0 Å². The number of rotatable bonds is 7. The predicted molar refractivity (Wildman–Crippen MR) is 99.5 cm³/mol. The van der Waals surface area contributed by atoms with Crippen LogP contribution in [-0.4, -0.2) is 49.8 Å². The Morgan fingerprint density at radius 3 is 2.72 bits per heavy atom. The lowest BCUT2D eigenvalue weighted by atomic mass is 10.0. The molecule has 3 rings (SSSR count). The van der Waals surface area contributed by atoms with Gasteiger partial charge >= 0.3 is 6.03 Å². The first kappa shape index (κ1) is 18.2. The van der Waals surface area contributed by atoms with Gasteiger partial charge in [0.2, 0.25) is 0 Å². The topological polar surface area (TPSA) is 53.6 Å². The van der Waals surface area contributed by atoms with E-state index in [4.69, 9.17) is 4.74 Å². The van der Waals surface area contributed by atoms with Gasteiger partial charge in [-0.1, -0.05) is 44.2 Å². The van der Waals surface area contributed by atoms with Crippen LogP contribution in [0.1, 0.15) is 38.3 Å². The molecule has 0 bridgehead atoms. The smallest absolute Gasteiger partial charge is 0.315 e. The maximum atomic E-state index is 12.4. The second-order valence-corrected chi connectivity index (χ2v) is 7.73. The van der Waals surface area contributed by atoms with Crippen molar-refractivity contribution >= 4 is 6.03 Å². The summed E-state index contributed by atoms with van der Waals surface area (Å²) in [5, 5.41) is 6.17. The van der Waals surface area contributed by atoms with Crippen LogP contribution in [0.15, 0.2) is 30.3 Å². The van der Waals surface area contributed by atoms with E-state index in [1.807, 2.05) is 18.2 Å². The third kappa shape index (κ3) is 5.72. The van der Waals surface area contributed by atoms with E-state index >= 15 is 0 Å². The fourth-order valence-corrected chi connectivity index (χ4v) is 3.55. The van der Waals surface area contributed by atoms with Crippen LogP contribution >= 0.6 is 0 Å². The number of hydrogen-bond donors (Lipinski definition) is 2. The van der Waals surface area contributed by atoms with Crippen molar-refractivity contribution in [3.8, 4) is 0 Å². The molecule has 1 saturated heterocycles. The average Bonchev–Trinajstić information content (AvgIpc) is 3.43. The number of nitrogens with zero attached hydrogens (tertiary/aromatic N) is 1. The van der Waals surface area contributed by atoms with Crippen LogP contribution in [0.4, 0.5) is 4.79 Å². The number of benzene rings is 1. The summed E-state index contributed by atoms with van der Waals surface area (Å²) in [4.78, 5) is 14.8. The van der Waals surface area contributed by atoms with Crippen LogP contribution in [0.5, 0.6) is 0 Å². The third-order valence-corrected chi connectivity index (χ3v) is 4.88. The number of carbonyl (C=O) groups excluding carboxylic acids is 1. The molecule has 2 aliphatic rings. The van der Waals surface area contributed by atoms with Gasteiger partial charge in [-0.3, -0.25) is 4.90 Å². The highest BCUT2D eigenvalue weighted by Crippen LogP contribution is 2.40. The van der Waals surface area contributed by atoms with E-state index in [1.165, 1.54) is 18.4 Å². The van der Waals surface area contributed by atoms with Crippen LogP contribution in [0.3, 0.4) is 0 Å². The maximum Gasteiger partial charge on any atom is 0.315 e. The first-order valence-electron chi connectivity index (χ1n) is 9.55. The molecule has 2 N–H and O–H groups in total. The van der Waals surface area contributed by atoms with Crippen LogP contribution in [-0.2, 0) is 4.74 Å². The molecule has 2 atom stereocenters. The van der Waals surface area contributed by atoms with Crippen LogP contribution < -0.4 is 10.6 Å². The van der Waals surface area contributed by atoms with Gasteiger partial charge in [0.25, 0.3) is 0 Å². The van der Waals surface area contributed by atoms with Gasteiger partial charge in [-0.2, -0.15) is 0 Å². The second kappa shape index (κ2) is 8.68. The number of carbonyl (C=O) groups is 1. The molecule has 5 nitrogen and oxygen atoms in total. The molecular formula is C20H31N3O2. The lowest BCUT2D eigenvalue weighted by Gasteiger charge is -2.34. The molecule has 0 unspecified atom stereocenters. The highest BCUT2D eigenvalue weighted by Gasteiger charge is 2.33. The van der Waals surface area contributed by atoms with Crippen molar-refractivity contribution in [2.24, 2.45) is 11.8 Å². The molecule has 1 aliphatic heterocycles. The van der Waals surface area contributed by atoms with Gasteiger partial charge in [0, 0.05) is 26.2 Å². The van der Waals surface area contributed by atoms with E-state index in [0.717, 1.165) is 26.2 Å². The van der Waals surface area contributed by atoms with Gasteiger partial charge in [0.1, 0.15) is 0 Å². The zero-order valence-corrected chi connectivity index (χ0v) is 15.4. The standard InChI is InChI=1S/C20H31N3O2/c1-15(2)13-23-10-11-25-18(14-23)12-21-20(24)22-19(17-8-9-17)16-6-4-3-5-7-16/h3-7,15,17-19H,8-14H2,1-2H3,(H2,21,22,24)/t18-,19+/m1/s1. The summed E-state index contributed by atoms with van der Waals surface area (Å²) in [5.74, 6) is 1.22. The molecule has 2 fully saturated rings. The van der Waals surface area contributed by atoms with Gasteiger partial charge in [-0.15, -0.1) is 0 Å². The van der Waals surface area contributed by atoms with Crippen molar-refractivity contribution in [1.82, 2.24) is 15.5 Å². The number of urea groups is 1. The molecule has 1 aromatic carbocycles. The van der Waals surface area contributed by atoms with Crippen LogP contribution in [0, 0.1) is 11.8 Å². The zero-order chi connectivity index (χ0) is 17.6. The Labute approximate surface area is 151 Å². The number of hydrogen-bond acceptors (Lipinski definition) is 3. The molecule has 25 heavy (non-hydrogen) atoms. The van der Waals surface area contributed by atoms with Crippen molar-refractivity contribution < 1.29 is 9.53 Å². The fraction of sp³-hybridized carbons (Fsp3) is 0.650. The Morgan fingerprint density at radius 1 is 1.28 bits per heavy atom. The summed E-state index contributed by atoms with van der Waals surface area (Å²) < 4.78 is 5.81. The minimum absolute atomic E-state index is 0.0781. The maximum absolute atomic E-state index is 12.4. The predicted octanol–water partition coefficient (Wildman–Crippen LogP) is 2.79. The van der Waals surface area contributed by atoms with E-state index in [1.54, 1.807) is 0 Å².